The van der Waals surface area contributed by atoms with Crippen LogP contribution in [0.1, 0.15) is 38.9 Å². The van der Waals surface area contributed by atoms with Crippen LogP contribution in [-0.2, 0) is 13.0 Å². The normalized spacial score (nSPS) is 17.2. The standard InChI is InChI=1S/C25H21F2N3O3/c1-14-23(25(32)29-22-16-7-3-2-6-15(16)12-20(22)31)30-11-5-10-21(24(30)28-14)33-13-17-18(26)8-4-9-19(17)27/h2-11,20,22,31H,12-13H2,1H3,(H,29,32)/t20-,22+/m0/s1. The molecule has 0 spiro atoms. The van der Waals surface area contributed by atoms with Crippen molar-refractivity contribution < 1.29 is 23.4 Å². The second kappa shape index (κ2) is 8.29. The summed E-state index contributed by atoms with van der Waals surface area (Å²) in [5.74, 6) is -1.50. The number of aliphatic hydroxyl groups excluding tert-OH is 1. The minimum Gasteiger partial charge on any atom is -0.485 e. The fourth-order valence-electron chi connectivity index (χ4n) is 4.32. The Hall–Kier alpha value is -3.78. The number of halogens is 2. The van der Waals surface area contributed by atoms with E-state index in [-0.39, 0.29) is 17.9 Å². The maximum atomic E-state index is 14.0. The molecule has 2 atom stereocenters. The van der Waals surface area contributed by atoms with Crippen molar-refractivity contribution in [3.63, 3.8) is 0 Å². The predicted octanol–water partition coefficient (Wildman–Crippen LogP) is 3.89. The quantitative estimate of drug-likeness (QED) is 0.485. The number of benzene rings is 2. The number of aryl methyl sites for hydroxylation is 1. The lowest BCUT2D eigenvalue weighted by atomic mass is 10.1. The number of nitrogens with one attached hydrogen (secondary N) is 1. The molecule has 8 heteroatoms. The van der Waals surface area contributed by atoms with E-state index >= 15 is 0 Å². The molecule has 2 aromatic heterocycles. The summed E-state index contributed by atoms with van der Waals surface area (Å²) in [6.45, 7) is 1.37. The Balaban J connectivity index is 1.43. The average Bonchev–Trinajstić information content (AvgIpc) is 3.29. The van der Waals surface area contributed by atoms with Crippen LogP contribution in [0, 0.1) is 18.6 Å². The molecule has 0 unspecified atom stereocenters. The van der Waals surface area contributed by atoms with Gasteiger partial charge in [0.05, 0.1) is 23.4 Å². The first kappa shape index (κ1) is 21.1. The van der Waals surface area contributed by atoms with Gasteiger partial charge in [-0.3, -0.25) is 9.20 Å². The maximum absolute atomic E-state index is 14.0. The van der Waals surface area contributed by atoms with Gasteiger partial charge in [-0.1, -0.05) is 30.3 Å². The van der Waals surface area contributed by atoms with Crippen LogP contribution >= 0.6 is 0 Å². The number of carbonyl (C=O) groups excluding carboxylic acids is 1. The number of fused-ring (bicyclic) bond motifs is 2. The van der Waals surface area contributed by atoms with E-state index in [1.54, 1.807) is 29.7 Å². The minimum atomic E-state index is -0.722. The lowest BCUT2D eigenvalue weighted by Crippen LogP contribution is -2.34. The molecule has 1 aliphatic rings. The lowest BCUT2D eigenvalue weighted by molar-refractivity contribution is 0.0852. The van der Waals surface area contributed by atoms with Gasteiger partial charge >= 0.3 is 0 Å². The van der Waals surface area contributed by atoms with E-state index in [1.165, 1.54) is 18.2 Å². The maximum Gasteiger partial charge on any atom is 0.270 e. The van der Waals surface area contributed by atoms with Crippen LogP contribution in [0.4, 0.5) is 8.78 Å². The van der Waals surface area contributed by atoms with Gasteiger partial charge in [-0.15, -0.1) is 0 Å². The summed E-state index contributed by atoms with van der Waals surface area (Å²) >= 11 is 0. The van der Waals surface area contributed by atoms with Crippen molar-refractivity contribution in [2.75, 3.05) is 0 Å². The second-order valence-electron chi connectivity index (χ2n) is 8.02. The third-order valence-electron chi connectivity index (χ3n) is 5.93. The molecular weight excluding hydrogens is 428 g/mol. The van der Waals surface area contributed by atoms with Crippen molar-refractivity contribution in [3.8, 4) is 5.75 Å². The summed E-state index contributed by atoms with van der Waals surface area (Å²) in [5.41, 5.74) is 2.81. The van der Waals surface area contributed by atoms with E-state index in [1.807, 2.05) is 24.3 Å². The zero-order valence-corrected chi connectivity index (χ0v) is 17.8. The molecule has 5 rings (SSSR count). The van der Waals surface area contributed by atoms with E-state index < -0.39 is 29.7 Å². The molecule has 168 valence electrons. The summed E-state index contributed by atoms with van der Waals surface area (Å²) in [7, 11) is 0. The zero-order chi connectivity index (χ0) is 23.1. The van der Waals surface area contributed by atoms with E-state index in [0.717, 1.165) is 11.1 Å². The molecule has 2 N–H and O–H groups in total. The second-order valence-corrected chi connectivity index (χ2v) is 8.02. The number of carbonyl (C=O) groups is 1. The molecule has 0 saturated heterocycles. The van der Waals surface area contributed by atoms with Crippen molar-refractivity contribution in [3.05, 3.63) is 101 Å². The molecule has 33 heavy (non-hydrogen) atoms. The highest BCUT2D eigenvalue weighted by Crippen LogP contribution is 2.32. The van der Waals surface area contributed by atoms with Crippen molar-refractivity contribution in [2.45, 2.75) is 32.1 Å². The van der Waals surface area contributed by atoms with Crippen LogP contribution in [0.2, 0.25) is 0 Å². The van der Waals surface area contributed by atoms with Crippen LogP contribution in [0.25, 0.3) is 5.65 Å². The Labute approximate surface area is 188 Å². The van der Waals surface area contributed by atoms with E-state index in [2.05, 4.69) is 10.3 Å². The van der Waals surface area contributed by atoms with Gasteiger partial charge in [0.25, 0.3) is 5.91 Å². The summed E-state index contributed by atoms with van der Waals surface area (Å²) in [6, 6.07) is 14.0. The van der Waals surface area contributed by atoms with Crippen molar-refractivity contribution in [1.29, 1.82) is 0 Å². The molecule has 1 amide bonds. The molecule has 0 fully saturated rings. The fraction of sp³-hybridized carbons (Fsp3) is 0.200. The molecule has 1 aliphatic carbocycles. The first-order valence-electron chi connectivity index (χ1n) is 10.5. The molecular formula is C25H21F2N3O3. The topological polar surface area (TPSA) is 75.9 Å². The van der Waals surface area contributed by atoms with Gasteiger partial charge in [0.2, 0.25) is 0 Å². The zero-order valence-electron chi connectivity index (χ0n) is 17.8. The number of hydrogen-bond donors (Lipinski definition) is 2. The van der Waals surface area contributed by atoms with Gasteiger partial charge in [0.15, 0.2) is 11.4 Å². The number of rotatable bonds is 5. The molecule has 0 radical (unpaired) electrons. The first-order chi connectivity index (χ1) is 15.9. The third-order valence-corrected chi connectivity index (χ3v) is 5.93. The van der Waals surface area contributed by atoms with Crippen LogP contribution in [0.3, 0.4) is 0 Å². The molecule has 6 nitrogen and oxygen atoms in total. The number of aliphatic hydroxyl groups is 1. The molecule has 4 aromatic rings. The molecule has 0 saturated carbocycles. The van der Waals surface area contributed by atoms with Crippen molar-refractivity contribution in [1.82, 2.24) is 14.7 Å². The number of aromatic nitrogens is 2. The lowest BCUT2D eigenvalue weighted by Gasteiger charge is -2.18. The Morgan fingerprint density at radius 2 is 1.91 bits per heavy atom. The van der Waals surface area contributed by atoms with Crippen molar-refractivity contribution in [2.24, 2.45) is 0 Å². The number of pyridine rings is 1. The molecule has 2 heterocycles. The highest BCUT2D eigenvalue weighted by atomic mass is 19.1. The van der Waals surface area contributed by atoms with Crippen LogP contribution in [-0.4, -0.2) is 26.5 Å². The highest BCUT2D eigenvalue weighted by Gasteiger charge is 2.33. The summed E-state index contributed by atoms with van der Waals surface area (Å²) in [6.07, 6.45) is 1.41. The van der Waals surface area contributed by atoms with Gasteiger partial charge in [-0.05, 0) is 42.3 Å². The monoisotopic (exact) mass is 449 g/mol. The Morgan fingerprint density at radius 3 is 2.70 bits per heavy atom. The number of hydrogen-bond acceptors (Lipinski definition) is 4. The Bertz CT molecular complexity index is 1350. The number of amides is 1. The largest absolute Gasteiger partial charge is 0.485 e. The molecule has 0 bridgehead atoms. The molecule has 0 aliphatic heterocycles. The smallest absolute Gasteiger partial charge is 0.270 e. The van der Waals surface area contributed by atoms with Gasteiger partial charge in [0, 0.05) is 12.6 Å². The van der Waals surface area contributed by atoms with Crippen molar-refractivity contribution >= 4 is 11.6 Å². The SMILES string of the molecule is Cc1nc2c(OCc3c(F)cccc3F)cccn2c1C(=O)N[C@@H]1c2ccccc2C[C@@H]1O. The predicted molar refractivity (Wildman–Crippen MR) is 117 cm³/mol. The highest BCUT2D eigenvalue weighted by molar-refractivity contribution is 5.95. The number of ether oxygens (including phenoxy) is 1. The average molecular weight is 449 g/mol. The third kappa shape index (κ3) is 3.72. The van der Waals surface area contributed by atoms with Gasteiger partial charge < -0.3 is 15.2 Å². The Kier molecular flexibility index (Phi) is 5.30. The van der Waals surface area contributed by atoms with Crippen LogP contribution < -0.4 is 10.1 Å². The van der Waals surface area contributed by atoms with E-state index in [0.29, 0.717) is 23.5 Å². The van der Waals surface area contributed by atoms with Gasteiger partial charge in [-0.2, -0.15) is 0 Å². The van der Waals surface area contributed by atoms with Crippen LogP contribution in [0.5, 0.6) is 5.75 Å². The summed E-state index contributed by atoms with van der Waals surface area (Å²) < 4.78 is 35.2. The fourth-order valence-corrected chi connectivity index (χ4v) is 4.32. The van der Waals surface area contributed by atoms with E-state index in [4.69, 9.17) is 4.74 Å². The first-order valence-corrected chi connectivity index (χ1v) is 10.5. The van der Waals surface area contributed by atoms with Crippen LogP contribution in [0.15, 0.2) is 60.8 Å². The molecule has 2 aromatic carbocycles. The van der Waals surface area contributed by atoms with E-state index in [9.17, 15) is 18.7 Å². The summed E-state index contributed by atoms with van der Waals surface area (Å²) in [5, 5.41) is 13.4. The Morgan fingerprint density at radius 1 is 1.15 bits per heavy atom. The van der Waals surface area contributed by atoms with Gasteiger partial charge in [0.1, 0.15) is 23.9 Å². The van der Waals surface area contributed by atoms with Gasteiger partial charge in [-0.25, -0.2) is 13.8 Å². The minimum absolute atomic E-state index is 0.186. The summed E-state index contributed by atoms with van der Waals surface area (Å²) in [4.78, 5) is 17.7. The number of nitrogens with zero attached hydrogens (tertiary/aromatic N) is 2. The number of imidazole rings is 1.